The fourth-order valence-electron chi connectivity index (χ4n) is 3.70. The van der Waals surface area contributed by atoms with Crippen molar-refractivity contribution in [3.8, 4) is 5.75 Å². The van der Waals surface area contributed by atoms with E-state index < -0.39 is 0 Å². The minimum atomic E-state index is 0.215. The van der Waals surface area contributed by atoms with Gasteiger partial charge >= 0.3 is 0 Å². The van der Waals surface area contributed by atoms with Gasteiger partial charge in [-0.15, -0.1) is 0 Å². The molecule has 104 valence electrons. The van der Waals surface area contributed by atoms with E-state index >= 15 is 0 Å². The topological polar surface area (TPSA) is 35.2 Å². The molecule has 0 saturated heterocycles. The van der Waals surface area contributed by atoms with E-state index in [9.17, 15) is 0 Å². The molecule has 2 unspecified atom stereocenters. The first-order valence-corrected chi connectivity index (χ1v) is 7.68. The highest BCUT2D eigenvalue weighted by Gasteiger charge is 2.55. The molecular weight excluding hydrogens is 258 g/mol. The van der Waals surface area contributed by atoms with E-state index in [1.54, 1.807) is 0 Å². The first kappa shape index (κ1) is 13.3. The van der Waals surface area contributed by atoms with E-state index in [0.29, 0.717) is 11.1 Å². The van der Waals surface area contributed by atoms with Crippen LogP contribution in [0.5, 0.6) is 5.75 Å². The number of aryl methyl sites for hydroxylation is 1. The van der Waals surface area contributed by atoms with Crippen LogP contribution in [-0.4, -0.2) is 12.1 Å². The third kappa shape index (κ3) is 2.25. The molecule has 3 rings (SSSR count). The van der Waals surface area contributed by atoms with Gasteiger partial charge in [0, 0.05) is 17.9 Å². The normalized spacial score (nSPS) is 29.0. The van der Waals surface area contributed by atoms with Crippen molar-refractivity contribution in [2.75, 3.05) is 0 Å². The van der Waals surface area contributed by atoms with E-state index in [2.05, 4.69) is 0 Å². The van der Waals surface area contributed by atoms with Gasteiger partial charge in [0.2, 0.25) is 0 Å². The van der Waals surface area contributed by atoms with Gasteiger partial charge in [-0.3, -0.25) is 0 Å². The summed E-state index contributed by atoms with van der Waals surface area (Å²) in [6.07, 6.45) is 7.55. The number of rotatable bonds is 2. The summed E-state index contributed by atoms with van der Waals surface area (Å²) in [6.45, 7) is 2.04. The quantitative estimate of drug-likeness (QED) is 0.885. The van der Waals surface area contributed by atoms with Gasteiger partial charge in [-0.05, 0) is 37.5 Å². The summed E-state index contributed by atoms with van der Waals surface area (Å²) in [7, 11) is 0. The second-order valence-corrected chi connectivity index (χ2v) is 6.58. The van der Waals surface area contributed by atoms with Crippen molar-refractivity contribution in [3.05, 3.63) is 28.8 Å². The zero-order chi connectivity index (χ0) is 13.5. The van der Waals surface area contributed by atoms with Crippen LogP contribution in [0.25, 0.3) is 0 Å². The van der Waals surface area contributed by atoms with Crippen LogP contribution in [-0.2, 0) is 0 Å². The van der Waals surface area contributed by atoms with Gasteiger partial charge in [0.15, 0.2) is 0 Å². The predicted molar refractivity (Wildman–Crippen MR) is 78.7 cm³/mol. The highest BCUT2D eigenvalue weighted by molar-refractivity contribution is 6.32. The lowest BCUT2D eigenvalue weighted by atomic mass is 9.55. The lowest BCUT2D eigenvalue weighted by molar-refractivity contribution is -0.0898. The maximum absolute atomic E-state index is 6.28. The molecule has 1 spiro atoms. The second kappa shape index (κ2) is 4.99. The second-order valence-electron chi connectivity index (χ2n) is 6.18. The summed E-state index contributed by atoms with van der Waals surface area (Å²) in [5, 5.41) is 0.714. The van der Waals surface area contributed by atoms with E-state index in [1.165, 1.54) is 32.1 Å². The smallest absolute Gasteiger partial charge is 0.138 e. The van der Waals surface area contributed by atoms with Crippen molar-refractivity contribution in [3.63, 3.8) is 0 Å². The molecule has 2 atom stereocenters. The Morgan fingerprint density at radius 2 is 2.00 bits per heavy atom. The summed E-state index contributed by atoms with van der Waals surface area (Å²) in [6, 6.07) is 6.30. The zero-order valence-corrected chi connectivity index (χ0v) is 12.2. The standard InChI is InChI=1S/C16H22ClNO/c1-11-5-6-13(12(17)9-11)19-15-10-14(18)16(15)7-3-2-4-8-16/h5-6,9,14-15H,2-4,7-8,10,18H2,1H3. The van der Waals surface area contributed by atoms with Crippen LogP contribution in [0.15, 0.2) is 18.2 Å². The molecule has 2 nitrogen and oxygen atoms in total. The number of halogens is 1. The Morgan fingerprint density at radius 3 is 2.63 bits per heavy atom. The van der Waals surface area contributed by atoms with E-state index in [-0.39, 0.29) is 11.5 Å². The first-order chi connectivity index (χ1) is 9.12. The van der Waals surface area contributed by atoms with Gasteiger partial charge < -0.3 is 10.5 Å². The van der Waals surface area contributed by atoms with Crippen molar-refractivity contribution in [1.82, 2.24) is 0 Å². The monoisotopic (exact) mass is 279 g/mol. The van der Waals surface area contributed by atoms with Gasteiger partial charge in [0.05, 0.1) is 5.02 Å². The van der Waals surface area contributed by atoms with Gasteiger partial charge in [0.1, 0.15) is 11.9 Å². The summed E-state index contributed by atoms with van der Waals surface area (Å²) in [5.41, 5.74) is 7.66. The molecule has 2 aliphatic carbocycles. The Bertz CT molecular complexity index is 468. The molecule has 2 fully saturated rings. The molecule has 0 heterocycles. The highest BCUT2D eigenvalue weighted by atomic mass is 35.5. The van der Waals surface area contributed by atoms with E-state index in [4.69, 9.17) is 22.1 Å². The molecule has 2 N–H and O–H groups in total. The highest BCUT2D eigenvalue weighted by Crippen LogP contribution is 2.52. The van der Waals surface area contributed by atoms with Crippen molar-refractivity contribution >= 4 is 11.6 Å². The lowest BCUT2D eigenvalue weighted by Gasteiger charge is -2.56. The Balaban J connectivity index is 1.76. The Hall–Kier alpha value is -0.730. The third-order valence-corrected chi connectivity index (χ3v) is 5.28. The summed E-state index contributed by atoms with van der Waals surface area (Å²) < 4.78 is 6.19. The van der Waals surface area contributed by atoms with Crippen molar-refractivity contribution in [2.45, 2.75) is 57.6 Å². The predicted octanol–water partition coefficient (Wildman–Crippen LogP) is 4.08. The van der Waals surface area contributed by atoms with Gasteiger partial charge in [-0.1, -0.05) is 36.9 Å². The summed E-state index contributed by atoms with van der Waals surface area (Å²) in [5.74, 6) is 0.814. The molecule has 1 aromatic carbocycles. The molecule has 0 bridgehead atoms. The molecule has 0 aliphatic heterocycles. The summed E-state index contributed by atoms with van der Waals surface area (Å²) >= 11 is 6.26. The van der Waals surface area contributed by atoms with E-state index in [0.717, 1.165) is 17.7 Å². The fourth-order valence-corrected chi connectivity index (χ4v) is 3.98. The molecule has 0 aromatic heterocycles. The molecule has 3 heteroatoms. The summed E-state index contributed by atoms with van der Waals surface area (Å²) in [4.78, 5) is 0. The van der Waals surface area contributed by atoms with Gasteiger partial charge in [-0.2, -0.15) is 0 Å². The molecule has 0 amide bonds. The number of hydrogen-bond acceptors (Lipinski definition) is 2. The van der Waals surface area contributed by atoms with Crippen molar-refractivity contribution in [1.29, 1.82) is 0 Å². The minimum Gasteiger partial charge on any atom is -0.488 e. The lowest BCUT2D eigenvalue weighted by Crippen LogP contribution is -2.64. The number of nitrogens with two attached hydrogens (primary N) is 1. The van der Waals surface area contributed by atoms with Crippen LogP contribution in [0.4, 0.5) is 0 Å². The molecule has 1 aromatic rings. The zero-order valence-electron chi connectivity index (χ0n) is 11.5. The molecule has 2 aliphatic rings. The largest absolute Gasteiger partial charge is 0.488 e. The average molecular weight is 280 g/mol. The molecule has 19 heavy (non-hydrogen) atoms. The molecular formula is C16H22ClNO. The van der Waals surface area contributed by atoms with Crippen LogP contribution in [0.3, 0.4) is 0 Å². The fraction of sp³-hybridized carbons (Fsp3) is 0.625. The third-order valence-electron chi connectivity index (χ3n) is 4.99. The minimum absolute atomic E-state index is 0.215. The number of ether oxygens (including phenoxy) is 1. The van der Waals surface area contributed by atoms with Crippen LogP contribution < -0.4 is 10.5 Å². The number of hydrogen-bond donors (Lipinski definition) is 1. The molecule has 2 saturated carbocycles. The van der Waals surface area contributed by atoms with E-state index in [1.807, 2.05) is 25.1 Å². The Morgan fingerprint density at radius 1 is 1.26 bits per heavy atom. The van der Waals surface area contributed by atoms with Crippen LogP contribution in [0.1, 0.15) is 44.1 Å². The van der Waals surface area contributed by atoms with Crippen molar-refractivity contribution in [2.24, 2.45) is 11.1 Å². The SMILES string of the molecule is Cc1ccc(OC2CC(N)C23CCCCC3)c(Cl)c1. The molecule has 0 radical (unpaired) electrons. The van der Waals surface area contributed by atoms with Gasteiger partial charge in [-0.25, -0.2) is 0 Å². The Kier molecular flexibility index (Phi) is 3.48. The average Bonchev–Trinajstić information content (AvgIpc) is 2.42. The van der Waals surface area contributed by atoms with Gasteiger partial charge in [0.25, 0.3) is 0 Å². The van der Waals surface area contributed by atoms with Crippen molar-refractivity contribution < 1.29 is 4.74 Å². The van der Waals surface area contributed by atoms with Crippen LogP contribution in [0.2, 0.25) is 5.02 Å². The first-order valence-electron chi connectivity index (χ1n) is 7.30. The van der Waals surface area contributed by atoms with Crippen LogP contribution in [0, 0.1) is 12.3 Å². The Labute approximate surface area is 120 Å². The number of benzene rings is 1. The maximum Gasteiger partial charge on any atom is 0.138 e. The maximum atomic E-state index is 6.28. The van der Waals surface area contributed by atoms with Crippen LogP contribution >= 0.6 is 11.6 Å².